The lowest BCUT2D eigenvalue weighted by Crippen LogP contribution is -2.72. The van der Waals surface area contributed by atoms with Crippen LogP contribution in [0.5, 0.6) is 0 Å². The van der Waals surface area contributed by atoms with Crippen LogP contribution in [0.15, 0.2) is 101 Å². The molecule has 134 heavy (non-hydrogen) atoms. The summed E-state index contributed by atoms with van der Waals surface area (Å²) in [6.07, 6.45) is -9.40. The molecule has 738 valence electrons. The molecule has 0 radical (unpaired) electrons. The zero-order valence-corrected chi connectivity index (χ0v) is 75.7. The Hall–Kier alpha value is -8.90. The number of nitrogens with zero attached hydrogens (tertiary/aromatic N) is 17. The van der Waals surface area contributed by atoms with Crippen molar-refractivity contribution in [2.24, 2.45) is 26.5 Å². The van der Waals surface area contributed by atoms with Crippen molar-refractivity contribution in [3.05, 3.63) is 136 Å². The van der Waals surface area contributed by atoms with Gasteiger partial charge in [-0.05, 0) is 139 Å². The maximum atomic E-state index is 12.5. The van der Waals surface area contributed by atoms with E-state index >= 15 is 0 Å². The second-order valence-electron chi connectivity index (χ2n) is 34.3. The number of hydrogen-bond acceptors (Lipinski definition) is 40. The molecule has 3 amide bonds. The summed E-state index contributed by atoms with van der Waals surface area (Å²) in [7, 11) is 0. The number of nitrogens with one attached hydrogen (secondary N) is 6. The number of carbonyl (C=O) groups excluding carboxylic acids is 2. The second kappa shape index (κ2) is 37.1. The number of aromatic nitrogens is 16. The Labute approximate surface area is 789 Å². The first-order chi connectivity index (χ1) is 60.8. The molecule has 59 heteroatoms. The van der Waals surface area contributed by atoms with Gasteiger partial charge in [-0.3, -0.25) is 77.6 Å². The number of amides is 3. The Morgan fingerprint density at radius 3 is 1.25 bits per heavy atom. The Morgan fingerprint density at radius 2 is 0.806 bits per heavy atom. The summed E-state index contributed by atoms with van der Waals surface area (Å²) in [4.78, 5) is 155. The molecule has 0 aromatic carbocycles. The number of H-pyrrole nitrogens is 5. The number of alkyl halides is 1. The molecule has 13 fully saturated rings. The highest BCUT2D eigenvalue weighted by molar-refractivity contribution is 9.11. The van der Waals surface area contributed by atoms with Gasteiger partial charge in [0.15, 0.2) is 94.8 Å². The summed E-state index contributed by atoms with van der Waals surface area (Å²) in [6, 6.07) is -0.549. The van der Waals surface area contributed by atoms with Crippen LogP contribution in [0.25, 0.3) is 22.3 Å². The Kier molecular flexibility index (Phi) is 28.4. The highest BCUT2D eigenvalue weighted by Crippen LogP contribution is 2.52. The minimum atomic E-state index is -1.33. The van der Waals surface area contributed by atoms with Crippen molar-refractivity contribution in [3.8, 4) is 0 Å². The van der Waals surface area contributed by atoms with Gasteiger partial charge in [-0.15, -0.1) is 15.3 Å². The monoisotopic (exact) mass is 2150 g/mol. The summed E-state index contributed by atoms with van der Waals surface area (Å²) < 4.78 is 102. The molecule has 26 atom stereocenters. The van der Waals surface area contributed by atoms with Gasteiger partial charge in [0.1, 0.15) is 104 Å². The minimum Gasteiger partial charge on any atom is -0.394 e. The topological polar surface area (TPSA) is 672 Å². The van der Waals surface area contributed by atoms with E-state index in [4.69, 9.17) is 81.6 Å². The molecule has 8 unspecified atom stereocenters. The molecule has 7 aromatic rings. The fourth-order valence-electron chi connectivity index (χ4n) is 18.4. The van der Waals surface area contributed by atoms with E-state index in [1.54, 1.807) is 32.7 Å². The number of imide groups is 1. The van der Waals surface area contributed by atoms with Crippen LogP contribution in [0.2, 0.25) is 0 Å². The van der Waals surface area contributed by atoms with Crippen LogP contribution in [0.3, 0.4) is 0 Å². The predicted molar refractivity (Wildman–Crippen MR) is 469 cm³/mol. The average molecular weight is 2160 g/mol. The zero-order chi connectivity index (χ0) is 92.2. The number of urea groups is 1. The summed E-state index contributed by atoms with van der Waals surface area (Å²) in [5.41, 5.74) is -5.10. The van der Waals surface area contributed by atoms with Gasteiger partial charge in [0.25, 0.3) is 38.2 Å². The van der Waals surface area contributed by atoms with Gasteiger partial charge >= 0.3 is 34.5 Å². The molecule has 23 heterocycles. The van der Waals surface area contributed by atoms with E-state index in [0.717, 1.165) is 11.0 Å². The van der Waals surface area contributed by atoms with Gasteiger partial charge in [-0.25, -0.2) is 52.3 Å². The van der Waals surface area contributed by atoms with E-state index in [-0.39, 0.29) is 130 Å². The first-order valence-corrected chi connectivity index (χ1v) is 43.4. The van der Waals surface area contributed by atoms with E-state index < -0.39 is 212 Å². The van der Waals surface area contributed by atoms with Crippen molar-refractivity contribution < 1.29 is 101 Å². The molecule has 6 bridgehead atoms. The summed E-state index contributed by atoms with van der Waals surface area (Å²) >= 11 is 12.6. The van der Waals surface area contributed by atoms with Gasteiger partial charge in [0, 0.05) is 18.6 Å². The molecule has 55 nitrogen and oxygen atoms in total. The largest absolute Gasteiger partial charge is 0.394 e. The number of aliphatic hydroxyl groups excluding tert-OH is 3. The molecule has 0 spiro atoms. The third kappa shape index (κ3) is 17.8. The second-order valence-corrected chi connectivity index (χ2v) is 38.1. The lowest BCUT2D eigenvalue weighted by Gasteiger charge is -2.44. The number of aromatic amines is 5. The van der Waals surface area contributed by atoms with Gasteiger partial charge in [-0.1, -0.05) is 64.9 Å². The molecule has 0 saturated carbocycles. The summed E-state index contributed by atoms with van der Waals surface area (Å²) in [5.74, 6) is 0.643. The van der Waals surface area contributed by atoms with Crippen molar-refractivity contribution in [1.82, 2.24) is 93.0 Å². The van der Waals surface area contributed by atoms with Crippen LogP contribution >= 0.6 is 63.7 Å². The molecule has 7 aromatic heterocycles. The fourth-order valence-corrected chi connectivity index (χ4v) is 20.0. The number of fused-ring (bicyclic) bond motifs is 18. The van der Waals surface area contributed by atoms with Crippen LogP contribution < -0.4 is 67.4 Å². The van der Waals surface area contributed by atoms with Crippen molar-refractivity contribution >= 4 is 98.0 Å². The van der Waals surface area contributed by atoms with E-state index in [2.05, 4.69) is 135 Å². The fraction of sp³-hybridized carbons (Fsp3) is 0.707. The number of halogens is 4. The van der Waals surface area contributed by atoms with Crippen LogP contribution in [-0.4, -0.2) is 290 Å². The minimum absolute atomic E-state index is 0. The van der Waals surface area contributed by atoms with Crippen molar-refractivity contribution in [1.29, 1.82) is 0 Å². The molecule has 23 rings (SSSR count). The maximum absolute atomic E-state index is 12.5. The molecule has 16 aliphatic rings. The van der Waals surface area contributed by atoms with Gasteiger partial charge in [0.05, 0.1) is 52.3 Å². The van der Waals surface area contributed by atoms with E-state index in [0.29, 0.717) is 18.7 Å². The van der Waals surface area contributed by atoms with Gasteiger partial charge in [0.2, 0.25) is 0 Å². The molecule has 0 aliphatic carbocycles. The first kappa shape index (κ1) is 103. The predicted octanol–water partition coefficient (Wildman–Crippen LogP) is -0.418. The normalized spacial score (nSPS) is 35.0. The van der Waals surface area contributed by atoms with E-state index in [1.807, 2.05) is 48.5 Å². The highest BCUT2D eigenvalue weighted by Gasteiger charge is 2.70. The van der Waals surface area contributed by atoms with Gasteiger partial charge in [-0.2, -0.15) is 5.11 Å². The van der Waals surface area contributed by atoms with E-state index in [9.17, 15) is 72.9 Å². The summed E-state index contributed by atoms with van der Waals surface area (Å²) in [6.45, 7) is 20.7. The van der Waals surface area contributed by atoms with Gasteiger partial charge < -0.3 is 97.0 Å². The molecule has 16 aliphatic heterocycles. The van der Waals surface area contributed by atoms with Crippen LogP contribution in [0.1, 0.15) is 151 Å². The van der Waals surface area contributed by atoms with Crippen molar-refractivity contribution in [2.45, 2.75) is 320 Å². The third-order valence-electron chi connectivity index (χ3n) is 23.5. The Balaban J connectivity index is 0.000000135. The maximum Gasteiger partial charge on any atom is 0.332 e. The van der Waals surface area contributed by atoms with Crippen molar-refractivity contribution in [2.75, 3.05) is 19.7 Å². The molecule has 11 N–H and O–H groups in total. The summed E-state index contributed by atoms with van der Waals surface area (Å²) in [5, 5.41) is 63.4. The van der Waals surface area contributed by atoms with Crippen LogP contribution in [-0.2, 0) is 93.7 Å². The average Bonchev–Trinajstić information content (AvgIpc) is 1.56. The molecule has 13 saturated heterocycles. The Morgan fingerprint density at radius 1 is 0.448 bits per heavy atom. The van der Waals surface area contributed by atoms with Crippen LogP contribution in [0.4, 0.5) is 4.79 Å². The highest BCUT2D eigenvalue weighted by atomic mass is 79.9. The van der Waals surface area contributed by atoms with Crippen LogP contribution in [0, 0.1) is 0 Å². The number of nitrogens with two attached hydrogens (primary N) is 1. The van der Waals surface area contributed by atoms with E-state index in [1.165, 1.54) is 51.1 Å². The zero-order valence-electron chi connectivity index (χ0n) is 69.4. The quantitative estimate of drug-likeness (QED) is 0.0319. The lowest BCUT2D eigenvalue weighted by molar-refractivity contribution is -0.200. The number of aliphatic hydroxyl groups is 3. The molecular weight excluding hydrogens is 2050 g/mol. The number of ether oxygens (including phenoxy) is 16. The third-order valence-corrected chi connectivity index (χ3v) is 26.1. The number of rotatable bonds is 7. The first-order valence-electron chi connectivity index (χ1n) is 40.2. The SMILES string of the molecule is C.C.C.C.C.CC1(C)OC2[C@@H](O1)[C@@H](CN=NN)O[C@H]2n1cc(Br)c(=O)[nH]c1=O.CC1(C)OC2[C@@H](O1)[C@@H](CO)O[C@H]2n1cc(Br)c(=O)[nH]c1=O.CC1(C)OC2[C@@H](O1)[C@H]1CN3N=NC4(Br)C(=O)NC(=O)N(C34)[C@@H]2O1.CC1(C)OC2[C@@H](O1)[C@H]1Cn3nnc4c(=O)[nH]c(=O)n(c43)[C@@H]2O1.CC[C@H]1O[C@@H](n2cc(Br)c(=O)[nH]c2=O)C2OC(C)(C)O[C@H]21.O=c1[nH]c(=O)n2c3c1nnn3C[C@H]1O[C@@H]2C(O)[C@H]1O. The van der Waals surface area contributed by atoms with Crippen molar-refractivity contribution in [3.63, 3.8) is 0 Å². The molecular formula is C75H104Br4N24O31. The standard InChI is InChI=1S/C13H17BrN2O5.C12H14BrN5O5.C12H16BrN5O5.C12H15BrN2O6.C12H13N5O5.C9H9N5O5.5CH4/c1-4-7-8-9(21-13(2,3)20-8)11(19-7)16-5-6(14)10(17)15-12(16)18;1-11(2)22-5-4-3-17-9-12(13,15-16-17)8(19)14-10(20)18(9)7(21-4)6(5)23-11;1-12(2)22-7-6(3-15-17-14)21-10(8(7)23-12)18-4-5(13)9(19)16-11(18)20;1-12(2)20-7-6(4-16)19-10(8(7)21-12)15-3-5(13)9(17)14-11(15)18;1-12(2)21-6-4-3-16-9-5(14-15-16)8(18)13-11(19)17(9)10(20-4)7(6)22-12;15-4-2-1-13-7-3(11-12-13)6(17)10-9(18)14(7)8(19-2)5(4)16;;;;;/h5,7-9,11H,4H2,1-3H3,(H,15,17,18);4-7,9H,3H2,1-2H3,(H,14,19,20);4,6-8,10H,3H2,1-2H3,(H2,14,15)(H,16,19,20);3,6-8,10,16H,4H2,1-2H3,(H,14,17,18);4,6-7,10H,3H2,1-2H3,(H,13,18,19);2,4-5,8,15-16H,1H2,(H,10,17,18);5*1H4/t7-,8+,9?,11-;4-,5+,6?,7-,9?,12?;2*6-,7+,8?,10-;4-,6+,7?,10-;2-,4+,5?,8-;;;;;/m111111...../s1. The number of hydrogen-bond donors (Lipinski definition) is 10. The lowest BCUT2D eigenvalue weighted by atomic mass is 10.0. The smallest absolute Gasteiger partial charge is 0.332 e. The number of carbonyl (C=O) groups is 2. The Bertz CT molecular complexity index is 6270.